The number of aliphatic imine (C=N–C) groups is 1. The highest BCUT2D eigenvalue weighted by molar-refractivity contribution is 5.83. The number of hydrogen-bond acceptors (Lipinski definition) is 3. The third-order valence-electron chi connectivity index (χ3n) is 3.13. The van der Waals surface area contributed by atoms with Crippen LogP contribution in [-0.2, 0) is 11.3 Å². The number of pyridine rings is 1. The number of nitrogens with zero attached hydrogens (tertiary/aromatic N) is 2. The predicted molar refractivity (Wildman–Crippen MR) is 86.4 cm³/mol. The maximum absolute atomic E-state index is 5.29. The van der Waals surface area contributed by atoms with Gasteiger partial charge in [-0.1, -0.05) is 24.3 Å². The molecule has 21 heavy (non-hydrogen) atoms. The molecule has 5 nitrogen and oxygen atoms in total. The van der Waals surface area contributed by atoms with Gasteiger partial charge in [0.15, 0.2) is 5.96 Å². The largest absolute Gasteiger partial charge is 0.380 e. The van der Waals surface area contributed by atoms with Gasteiger partial charge in [0, 0.05) is 38.3 Å². The van der Waals surface area contributed by atoms with Crippen molar-refractivity contribution in [2.45, 2.75) is 13.5 Å². The predicted octanol–water partition coefficient (Wildman–Crippen LogP) is 1.94. The summed E-state index contributed by atoms with van der Waals surface area (Å²) in [5.74, 6) is 0.766. The Hall–Kier alpha value is -2.14. The Balaban J connectivity index is 1.94. The summed E-state index contributed by atoms with van der Waals surface area (Å²) in [7, 11) is 1.76. The Morgan fingerprint density at radius 2 is 2.10 bits per heavy atom. The lowest BCUT2D eigenvalue weighted by Crippen LogP contribution is -2.38. The molecule has 0 saturated carbocycles. The molecule has 0 aliphatic heterocycles. The van der Waals surface area contributed by atoms with Crippen LogP contribution in [0.3, 0.4) is 0 Å². The summed E-state index contributed by atoms with van der Waals surface area (Å²) in [6, 6.07) is 10.2. The molecule has 1 heterocycles. The summed E-state index contributed by atoms with van der Waals surface area (Å²) in [6.07, 6.45) is 1.82. The first-order chi connectivity index (χ1) is 10.3. The second kappa shape index (κ2) is 8.21. The number of rotatable bonds is 6. The molecule has 0 aliphatic rings. The third-order valence-corrected chi connectivity index (χ3v) is 3.13. The van der Waals surface area contributed by atoms with Crippen molar-refractivity contribution in [3.8, 4) is 0 Å². The van der Waals surface area contributed by atoms with Crippen LogP contribution in [0.1, 0.15) is 12.5 Å². The van der Waals surface area contributed by atoms with Crippen LogP contribution in [-0.4, -0.2) is 37.7 Å². The van der Waals surface area contributed by atoms with Crippen LogP contribution in [0.15, 0.2) is 41.5 Å². The summed E-state index contributed by atoms with van der Waals surface area (Å²) in [5.41, 5.74) is 2.18. The number of fused-ring (bicyclic) bond motifs is 1. The summed E-state index contributed by atoms with van der Waals surface area (Å²) < 4.78 is 5.29. The normalized spacial score (nSPS) is 11.6. The second-order valence-electron chi connectivity index (χ2n) is 4.54. The van der Waals surface area contributed by atoms with Gasteiger partial charge < -0.3 is 15.4 Å². The summed E-state index contributed by atoms with van der Waals surface area (Å²) in [6.45, 7) is 4.81. The van der Waals surface area contributed by atoms with Crippen LogP contribution in [0, 0.1) is 0 Å². The molecule has 2 aromatic rings. The number of ether oxygens (including phenoxy) is 1. The van der Waals surface area contributed by atoms with E-state index in [1.54, 1.807) is 7.05 Å². The smallest absolute Gasteiger partial charge is 0.191 e. The number of guanidine groups is 1. The first-order valence-corrected chi connectivity index (χ1v) is 7.20. The van der Waals surface area contributed by atoms with Crippen LogP contribution < -0.4 is 10.6 Å². The second-order valence-corrected chi connectivity index (χ2v) is 4.54. The van der Waals surface area contributed by atoms with Crippen LogP contribution >= 0.6 is 0 Å². The van der Waals surface area contributed by atoms with Gasteiger partial charge >= 0.3 is 0 Å². The van der Waals surface area contributed by atoms with Gasteiger partial charge in [0.25, 0.3) is 0 Å². The van der Waals surface area contributed by atoms with E-state index < -0.39 is 0 Å². The summed E-state index contributed by atoms with van der Waals surface area (Å²) >= 11 is 0. The molecular formula is C16H22N4O. The molecule has 0 amide bonds. The fourth-order valence-electron chi connectivity index (χ4n) is 2.10. The molecule has 2 N–H and O–H groups in total. The van der Waals surface area contributed by atoms with Crippen molar-refractivity contribution in [3.63, 3.8) is 0 Å². The van der Waals surface area contributed by atoms with E-state index in [4.69, 9.17) is 4.74 Å². The number of aromatic nitrogens is 1. The van der Waals surface area contributed by atoms with Gasteiger partial charge in [-0.05, 0) is 18.6 Å². The van der Waals surface area contributed by atoms with Gasteiger partial charge in [-0.15, -0.1) is 0 Å². The van der Waals surface area contributed by atoms with E-state index in [0.717, 1.165) is 35.6 Å². The highest BCUT2D eigenvalue weighted by atomic mass is 16.5. The first kappa shape index (κ1) is 15.3. The standard InChI is InChI=1S/C16H22N4O/c1-3-21-11-10-19-16(17-2)20-12-14-7-4-6-13-8-5-9-18-15(13)14/h4-9H,3,10-12H2,1-2H3,(H2,17,19,20). The van der Waals surface area contributed by atoms with Gasteiger partial charge in [-0.25, -0.2) is 0 Å². The highest BCUT2D eigenvalue weighted by Crippen LogP contribution is 2.15. The summed E-state index contributed by atoms with van der Waals surface area (Å²) in [5, 5.41) is 7.66. The van der Waals surface area contributed by atoms with Crippen LogP contribution in [0.4, 0.5) is 0 Å². The molecule has 5 heteroatoms. The Morgan fingerprint density at radius 3 is 2.90 bits per heavy atom. The van der Waals surface area contributed by atoms with Crippen molar-refractivity contribution in [3.05, 3.63) is 42.1 Å². The summed E-state index contributed by atoms with van der Waals surface area (Å²) in [4.78, 5) is 8.65. The van der Waals surface area contributed by atoms with Gasteiger partial charge in [-0.3, -0.25) is 9.98 Å². The topological polar surface area (TPSA) is 58.5 Å². The fourth-order valence-corrected chi connectivity index (χ4v) is 2.10. The van der Waals surface area contributed by atoms with Gasteiger partial charge in [0.1, 0.15) is 0 Å². The Kier molecular flexibility index (Phi) is 5.97. The molecule has 0 aliphatic carbocycles. The lowest BCUT2D eigenvalue weighted by molar-refractivity contribution is 0.152. The zero-order valence-corrected chi connectivity index (χ0v) is 12.6. The third kappa shape index (κ3) is 4.43. The van der Waals surface area contributed by atoms with Crippen LogP contribution in [0.5, 0.6) is 0 Å². The molecule has 2 rings (SSSR count). The van der Waals surface area contributed by atoms with E-state index in [1.165, 1.54) is 0 Å². The minimum Gasteiger partial charge on any atom is -0.380 e. The average Bonchev–Trinajstić information content (AvgIpc) is 2.54. The van der Waals surface area contributed by atoms with Gasteiger partial charge in [0.05, 0.1) is 12.1 Å². The van der Waals surface area contributed by atoms with E-state index in [-0.39, 0.29) is 0 Å². The molecule has 1 aromatic carbocycles. The fraction of sp³-hybridized carbons (Fsp3) is 0.375. The van der Waals surface area contributed by atoms with Crippen molar-refractivity contribution < 1.29 is 4.74 Å². The minimum absolute atomic E-state index is 0.674. The zero-order valence-electron chi connectivity index (χ0n) is 12.6. The van der Waals surface area contributed by atoms with Crippen LogP contribution in [0.25, 0.3) is 10.9 Å². The van der Waals surface area contributed by atoms with Crippen molar-refractivity contribution >= 4 is 16.9 Å². The molecule has 0 saturated heterocycles. The van der Waals surface area contributed by atoms with Crippen molar-refractivity contribution in [2.24, 2.45) is 4.99 Å². The molecule has 0 radical (unpaired) electrons. The molecule has 1 aromatic heterocycles. The number of hydrogen-bond donors (Lipinski definition) is 2. The number of nitrogens with one attached hydrogen (secondary N) is 2. The SMILES string of the molecule is CCOCCNC(=NC)NCc1cccc2cccnc12. The Bertz CT molecular complexity index is 592. The average molecular weight is 286 g/mol. The molecule has 112 valence electrons. The molecule has 0 unspecified atom stereocenters. The lowest BCUT2D eigenvalue weighted by Gasteiger charge is -2.12. The highest BCUT2D eigenvalue weighted by Gasteiger charge is 2.03. The molecule has 0 atom stereocenters. The Morgan fingerprint density at radius 1 is 1.24 bits per heavy atom. The van der Waals surface area contributed by atoms with Gasteiger partial charge in [0.2, 0.25) is 0 Å². The van der Waals surface area contributed by atoms with E-state index >= 15 is 0 Å². The van der Waals surface area contributed by atoms with E-state index in [0.29, 0.717) is 13.2 Å². The van der Waals surface area contributed by atoms with E-state index in [2.05, 4.69) is 38.8 Å². The lowest BCUT2D eigenvalue weighted by atomic mass is 10.1. The van der Waals surface area contributed by atoms with E-state index in [1.807, 2.05) is 25.3 Å². The molecule has 0 spiro atoms. The van der Waals surface area contributed by atoms with Crippen LogP contribution in [0.2, 0.25) is 0 Å². The maximum Gasteiger partial charge on any atom is 0.191 e. The van der Waals surface area contributed by atoms with E-state index in [9.17, 15) is 0 Å². The number of benzene rings is 1. The van der Waals surface area contributed by atoms with Crippen molar-refractivity contribution in [1.29, 1.82) is 0 Å². The monoisotopic (exact) mass is 286 g/mol. The van der Waals surface area contributed by atoms with Crippen molar-refractivity contribution in [2.75, 3.05) is 26.8 Å². The number of para-hydroxylation sites is 1. The zero-order chi connectivity index (χ0) is 14.9. The molecular weight excluding hydrogens is 264 g/mol. The minimum atomic E-state index is 0.674. The maximum atomic E-state index is 5.29. The van der Waals surface area contributed by atoms with Gasteiger partial charge in [-0.2, -0.15) is 0 Å². The molecule has 0 fully saturated rings. The molecule has 0 bridgehead atoms. The first-order valence-electron chi connectivity index (χ1n) is 7.20. The Labute approximate surface area is 125 Å². The van der Waals surface area contributed by atoms with Crippen molar-refractivity contribution in [1.82, 2.24) is 15.6 Å². The quantitative estimate of drug-likeness (QED) is 0.484.